The summed E-state index contributed by atoms with van der Waals surface area (Å²) >= 11 is 6.99. The molecule has 0 saturated heterocycles. The van der Waals surface area contributed by atoms with E-state index in [1.807, 2.05) is 6.07 Å². The van der Waals surface area contributed by atoms with E-state index in [0.29, 0.717) is 0 Å². The summed E-state index contributed by atoms with van der Waals surface area (Å²) in [6, 6.07) is 21.1. The summed E-state index contributed by atoms with van der Waals surface area (Å²) in [4.78, 5) is 0. The first kappa shape index (κ1) is 13.7. The van der Waals surface area contributed by atoms with Crippen molar-refractivity contribution in [1.29, 1.82) is 0 Å². The summed E-state index contributed by atoms with van der Waals surface area (Å²) in [5, 5.41) is 5.95. The smallest absolute Gasteiger partial charge is 0.0401 e. The topological polar surface area (TPSA) is 12.0 Å². The van der Waals surface area contributed by atoms with E-state index in [1.54, 1.807) is 0 Å². The lowest BCUT2D eigenvalue weighted by Gasteiger charge is -2.08. The highest BCUT2D eigenvalue weighted by Crippen LogP contribution is 2.23. The van der Waals surface area contributed by atoms with E-state index in [-0.39, 0.29) is 0 Å². The molecule has 0 aliphatic rings. The van der Waals surface area contributed by atoms with Crippen LogP contribution in [-0.2, 0) is 6.54 Å². The van der Waals surface area contributed by atoms with Gasteiger partial charge in [-0.3, -0.25) is 0 Å². The summed E-state index contributed by atoms with van der Waals surface area (Å²) in [6.45, 7) is 0.821. The van der Waals surface area contributed by atoms with Gasteiger partial charge in [-0.15, -0.1) is 0 Å². The van der Waals surface area contributed by atoms with E-state index < -0.39 is 0 Å². The molecule has 0 aliphatic carbocycles. The number of hydrogen-bond donors (Lipinski definition) is 1. The van der Waals surface area contributed by atoms with Crippen LogP contribution >= 0.6 is 31.9 Å². The van der Waals surface area contributed by atoms with Gasteiger partial charge in [-0.05, 0) is 52.7 Å². The maximum absolute atomic E-state index is 3.50. The maximum Gasteiger partial charge on any atom is 0.0401 e. The van der Waals surface area contributed by atoms with Crippen molar-refractivity contribution in [2.24, 2.45) is 0 Å². The zero-order valence-electron chi connectivity index (χ0n) is 10.7. The van der Waals surface area contributed by atoms with E-state index in [1.165, 1.54) is 16.3 Å². The lowest BCUT2D eigenvalue weighted by molar-refractivity contribution is 1.15. The zero-order valence-corrected chi connectivity index (χ0v) is 13.9. The van der Waals surface area contributed by atoms with Gasteiger partial charge in [0.2, 0.25) is 0 Å². The van der Waals surface area contributed by atoms with Crippen LogP contribution in [0.25, 0.3) is 10.8 Å². The highest BCUT2D eigenvalue weighted by molar-refractivity contribution is 9.10. The second-order valence-electron chi connectivity index (χ2n) is 4.69. The lowest BCUT2D eigenvalue weighted by Crippen LogP contribution is -1.99. The third-order valence-electron chi connectivity index (χ3n) is 3.19. The fourth-order valence-corrected chi connectivity index (χ4v) is 3.00. The molecule has 0 unspecified atom stereocenters. The van der Waals surface area contributed by atoms with Crippen molar-refractivity contribution in [1.82, 2.24) is 0 Å². The molecule has 0 radical (unpaired) electrons. The van der Waals surface area contributed by atoms with Gasteiger partial charge in [-0.25, -0.2) is 0 Å². The average molecular weight is 391 g/mol. The van der Waals surface area contributed by atoms with Gasteiger partial charge in [0.15, 0.2) is 0 Å². The third-order valence-corrected chi connectivity index (χ3v) is 4.17. The van der Waals surface area contributed by atoms with Crippen LogP contribution in [0.2, 0.25) is 0 Å². The first-order valence-corrected chi connectivity index (χ1v) is 7.97. The Balaban J connectivity index is 1.79. The van der Waals surface area contributed by atoms with Gasteiger partial charge < -0.3 is 5.32 Å². The number of fused-ring (bicyclic) bond motifs is 1. The van der Waals surface area contributed by atoms with Crippen LogP contribution < -0.4 is 5.32 Å². The number of rotatable bonds is 3. The van der Waals surface area contributed by atoms with Crippen LogP contribution in [0.1, 0.15) is 5.56 Å². The van der Waals surface area contributed by atoms with Crippen LogP contribution in [0.15, 0.2) is 69.6 Å². The SMILES string of the molecule is Brc1cccc(CNc2ccc3cc(Br)ccc3c2)c1. The minimum Gasteiger partial charge on any atom is -0.381 e. The molecule has 0 atom stereocenters. The third kappa shape index (κ3) is 3.22. The summed E-state index contributed by atoms with van der Waals surface area (Å²) in [7, 11) is 0. The van der Waals surface area contributed by atoms with Crippen molar-refractivity contribution in [3.05, 3.63) is 75.2 Å². The minimum absolute atomic E-state index is 0.821. The highest BCUT2D eigenvalue weighted by atomic mass is 79.9. The molecule has 0 fully saturated rings. The quantitative estimate of drug-likeness (QED) is 0.580. The minimum atomic E-state index is 0.821. The number of benzene rings is 3. The second kappa shape index (κ2) is 5.98. The predicted molar refractivity (Wildman–Crippen MR) is 93.1 cm³/mol. The Kier molecular flexibility index (Phi) is 4.08. The Hall–Kier alpha value is -1.32. The maximum atomic E-state index is 3.50. The van der Waals surface area contributed by atoms with Gasteiger partial charge in [0.25, 0.3) is 0 Å². The molecule has 3 rings (SSSR count). The average Bonchev–Trinajstić information content (AvgIpc) is 2.45. The van der Waals surface area contributed by atoms with Crippen LogP contribution in [0, 0.1) is 0 Å². The van der Waals surface area contributed by atoms with Crippen LogP contribution in [-0.4, -0.2) is 0 Å². The summed E-state index contributed by atoms with van der Waals surface area (Å²) < 4.78 is 2.22. The standard InChI is InChI=1S/C17H13Br2N/c18-15-3-1-2-12(8-15)11-20-17-7-5-13-9-16(19)6-4-14(13)10-17/h1-10,20H,11H2. The Morgan fingerprint density at radius 1 is 0.750 bits per heavy atom. The fraction of sp³-hybridized carbons (Fsp3) is 0.0588. The van der Waals surface area contributed by atoms with Crippen LogP contribution in [0.4, 0.5) is 5.69 Å². The molecular formula is C17H13Br2N. The summed E-state index contributed by atoms with van der Waals surface area (Å²) in [5.74, 6) is 0. The Labute approximate surface area is 135 Å². The first-order valence-electron chi connectivity index (χ1n) is 6.38. The molecule has 20 heavy (non-hydrogen) atoms. The van der Waals surface area contributed by atoms with Crippen molar-refractivity contribution in [3.8, 4) is 0 Å². The molecule has 3 heteroatoms. The first-order chi connectivity index (χ1) is 9.70. The largest absolute Gasteiger partial charge is 0.381 e. The molecule has 0 bridgehead atoms. The normalized spacial score (nSPS) is 10.7. The highest BCUT2D eigenvalue weighted by Gasteiger charge is 1.98. The van der Waals surface area contributed by atoms with Gasteiger partial charge in [-0.2, -0.15) is 0 Å². The monoisotopic (exact) mass is 389 g/mol. The van der Waals surface area contributed by atoms with E-state index in [9.17, 15) is 0 Å². The number of anilines is 1. The van der Waals surface area contributed by atoms with Crippen molar-refractivity contribution in [3.63, 3.8) is 0 Å². The summed E-state index contributed by atoms with van der Waals surface area (Å²) in [6.07, 6.45) is 0. The molecule has 0 heterocycles. The molecular weight excluding hydrogens is 378 g/mol. The molecule has 3 aromatic carbocycles. The summed E-state index contributed by atoms with van der Waals surface area (Å²) in [5.41, 5.74) is 2.40. The molecule has 0 spiro atoms. The lowest BCUT2D eigenvalue weighted by atomic mass is 10.1. The van der Waals surface area contributed by atoms with Gasteiger partial charge in [0.05, 0.1) is 0 Å². The van der Waals surface area contributed by atoms with Crippen molar-refractivity contribution < 1.29 is 0 Å². The molecule has 0 amide bonds. The van der Waals surface area contributed by atoms with Crippen LogP contribution in [0.3, 0.4) is 0 Å². The number of halogens is 2. The van der Waals surface area contributed by atoms with Crippen LogP contribution in [0.5, 0.6) is 0 Å². The molecule has 0 aromatic heterocycles. The van der Waals surface area contributed by atoms with Crippen molar-refractivity contribution in [2.45, 2.75) is 6.54 Å². The van der Waals surface area contributed by atoms with E-state index in [4.69, 9.17) is 0 Å². The van der Waals surface area contributed by atoms with Gasteiger partial charge in [-0.1, -0.05) is 56.1 Å². The van der Waals surface area contributed by atoms with Gasteiger partial charge >= 0.3 is 0 Å². The van der Waals surface area contributed by atoms with Crippen molar-refractivity contribution >= 4 is 48.3 Å². The molecule has 0 saturated carbocycles. The predicted octanol–water partition coefficient (Wildman–Crippen LogP) is 5.98. The number of nitrogens with one attached hydrogen (secondary N) is 1. The number of hydrogen-bond acceptors (Lipinski definition) is 1. The Morgan fingerprint density at radius 3 is 2.35 bits per heavy atom. The van der Waals surface area contributed by atoms with Gasteiger partial charge in [0.1, 0.15) is 0 Å². The Morgan fingerprint density at radius 2 is 1.50 bits per heavy atom. The molecule has 0 aliphatic heterocycles. The van der Waals surface area contributed by atoms with Gasteiger partial charge in [0, 0.05) is 21.2 Å². The van der Waals surface area contributed by atoms with E-state index in [0.717, 1.165) is 21.2 Å². The Bertz CT molecular complexity index is 753. The molecule has 1 nitrogen and oxygen atoms in total. The molecule has 3 aromatic rings. The van der Waals surface area contributed by atoms with E-state index in [2.05, 4.69) is 91.8 Å². The van der Waals surface area contributed by atoms with Crippen molar-refractivity contribution in [2.75, 3.05) is 5.32 Å². The molecule has 1 N–H and O–H groups in total. The molecule has 100 valence electrons. The second-order valence-corrected chi connectivity index (χ2v) is 6.52. The fourth-order valence-electron chi connectivity index (χ4n) is 2.18. The van der Waals surface area contributed by atoms with E-state index >= 15 is 0 Å². The zero-order chi connectivity index (χ0) is 13.9.